The molecular formula is C12H17ClOS. The Morgan fingerprint density at radius 3 is 2.80 bits per heavy atom. The molecule has 2 atom stereocenters. The van der Waals surface area contributed by atoms with Gasteiger partial charge in [0.25, 0.3) is 0 Å². The summed E-state index contributed by atoms with van der Waals surface area (Å²) in [5.41, 5.74) is 1.27. The van der Waals surface area contributed by atoms with E-state index in [1.54, 1.807) is 0 Å². The number of halogens is 1. The molecule has 15 heavy (non-hydrogen) atoms. The molecular weight excluding hydrogens is 228 g/mol. The summed E-state index contributed by atoms with van der Waals surface area (Å²) in [6, 6.07) is 2.20. The standard InChI is InChI=1S/C12H17ClOS/c1-8-7-10(9(2)15-8)12(13)11-5-3-4-6-14-11/h7,11-12H,3-6H2,1-2H3. The van der Waals surface area contributed by atoms with Crippen molar-refractivity contribution in [3.8, 4) is 0 Å². The van der Waals surface area contributed by atoms with E-state index < -0.39 is 0 Å². The summed E-state index contributed by atoms with van der Waals surface area (Å²) in [5.74, 6) is 0. The second-order valence-corrected chi connectivity index (χ2v) is 6.11. The molecule has 1 saturated heterocycles. The lowest BCUT2D eigenvalue weighted by Crippen LogP contribution is -2.23. The minimum atomic E-state index is 0.0373. The molecule has 1 aromatic rings. The normalized spacial score (nSPS) is 24.1. The number of thiophene rings is 1. The number of hydrogen-bond acceptors (Lipinski definition) is 2. The van der Waals surface area contributed by atoms with Gasteiger partial charge in [-0.1, -0.05) is 0 Å². The second-order valence-electron chi connectivity index (χ2n) is 4.18. The molecule has 0 bridgehead atoms. The van der Waals surface area contributed by atoms with Crippen molar-refractivity contribution in [3.63, 3.8) is 0 Å². The van der Waals surface area contributed by atoms with Crippen LogP contribution in [-0.4, -0.2) is 12.7 Å². The van der Waals surface area contributed by atoms with E-state index in [-0.39, 0.29) is 11.5 Å². The summed E-state index contributed by atoms with van der Waals surface area (Å²) in [4.78, 5) is 2.67. The molecule has 1 aliphatic rings. The van der Waals surface area contributed by atoms with Gasteiger partial charge in [0.2, 0.25) is 0 Å². The van der Waals surface area contributed by atoms with E-state index in [9.17, 15) is 0 Å². The van der Waals surface area contributed by atoms with Gasteiger partial charge in [-0.15, -0.1) is 22.9 Å². The molecule has 0 aliphatic carbocycles. The highest BCUT2D eigenvalue weighted by molar-refractivity contribution is 7.12. The number of aryl methyl sites for hydroxylation is 2. The largest absolute Gasteiger partial charge is 0.376 e. The van der Waals surface area contributed by atoms with Crippen LogP contribution in [0.2, 0.25) is 0 Å². The topological polar surface area (TPSA) is 9.23 Å². The van der Waals surface area contributed by atoms with Crippen LogP contribution in [0.1, 0.15) is 40.0 Å². The van der Waals surface area contributed by atoms with Crippen LogP contribution < -0.4 is 0 Å². The summed E-state index contributed by atoms with van der Waals surface area (Å²) >= 11 is 8.31. The van der Waals surface area contributed by atoms with E-state index in [0.29, 0.717) is 0 Å². The Morgan fingerprint density at radius 2 is 2.27 bits per heavy atom. The van der Waals surface area contributed by atoms with Gasteiger partial charge >= 0.3 is 0 Å². The summed E-state index contributed by atoms with van der Waals surface area (Å²) in [6.45, 7) is 5.15. The molecule has 0 saturated carbocycles. The van der Waals surface area contributed by atoms with E-state index in [1.165, 1.54) is 28.2 Å². The lowest BCUT2D eigenvalue weighted by molar-refractivity contribution is 0.0135. The van der Waals surface area contributed by atoms with Crippen molar-refractivity contribution in [1.82, 2.24) is 0 Å². The van der Waals surface area contributed by atoms with Crippen LogP contribution >= 0.6 is 22.9 Å². The van der Waals surface area contributed by atoms with Gasteiger partial charge < -0.3 is 4.74 Å². The van der Waals surface area contributed by atoms with Crippen LogP contribution in [0.5, 0.6) is 0 Å². The summed E-state index contributed by atoms with van der Waals surface area (Å²) in [5, 5.41) is 0.0373. The second kappa shape index (κ2) is 4.86. The van der Waals surface area contributed by atoms with Crippen molar-refractivity contribution in [2.24, 2.45) is 0 Å². The first kappa shape index (κ1) is 11.4. The minimum Gasteiger partial charge on any atom is -0.376 e. The summed E-state index contributed by atoms with van der Waals surface area (Å²) in [6.07, 6.45) is 3.74. The molecule has 0 radical (unpaired) electrons. The van der Waals surface area contributed by atoms with Gasteiger partial charge in [-0.25, -0.2) is 0 Å². The van der Waals surface area contributed by atoms with E-state index in [1.807, 2.05) is 11.3 Å². The number of alkyl halides is 1. The van der Waals surface area contributed by atoms with Crippen molar-refractivity contribution < 1.29 is 4.74 Å². The SMILES string of the molecule is Cc1cc(C(Cl)C2CCCCO2)c(C)s1. The Kier molecular flexibility index (Phi) is 3.70. The average molecular weight is 245 g/mol. The molecule has 2 heterocycles. The molecule has 0 aromatic carbocycles. The Hall–Kier alpha value is -0.0500. The molecule has 84 valence electrons. The van der Waals surface area contributed by atoms with E-state index in [4.69, 9.17) is 16.3 Å². The van der Waals surface area contributed by atoms with Gasteiger partial charge in [-0.05, 0) is 44.7 Å². The zero-order chi connectivity index (χ0) is 10.8. The fourth-order valence-electron chi connectivity index (χ4n) is 2.12. The molecule has 1 fully saturated rings. The molecule has 1 aromatic heterocycles. The van der Waals surface area contributed by atoms with Gasteiger partial charge in [0.05, 0.1) is 11.5 Å². The van der Waals surface area contributed by atoms with E-state index in [2.05, 4.69) is 19.9 Å². The Labute approximate surface area is 100 Å². The first-order valence-corrected chi connectivity index (χ1v) is 6.76. The highest BCUT2D eigenvalue weighted by atomic mass is 35.5. The first-order chi connectivity index (χ1) is 7.18. The van der Waals surface area contributed by atoms with Gasteiger partial charge in [-0.2, -0.15) is 0 Å². The zero-order valence-electron chi connectivity index (χ0n) is 9.25. The minimum absolute atomic E-state index is 0.0373. The Morgan fingerprint density at radius 1 is 1.47 bits per heavy atom. The maximum atomic E-state index is 6.49. The smallest absolute Gasteiger partial charge is 0.0857 e. The first-order valence-electron chi connectivity index (χ1n) is 5.51. The molecule has 1 nitrogen and oxygen atoms in total. The van der Waals surface area contributed by atoms with Crippen molar-refractivity contribution in [2.75, 3.05) is 6.61 Å². The zero-order valence-corrected chi connectivity index (χ0v) is 10.8. The number of hydrogen-bond donors (Lipinski definition) is 0. The average Bonchev–Trinajstić information content (AvgIpc) is 2.58. The van der Waals surface area contributed by atoms with Crippen LogP contribution in [0.25, 0.3) is 0 Å². The number of rotatable bonds is 2. The predicted octanol–water partition coefficient (Wildman–Crippen LogP) is 4.21. The fraction of sp³-hybridized carbons (Fsp3) is 0.667. The maximum Gasteiger partial charge on any atom is 0.0857 e. The third kappa shape index (κ3) is 2.55. The number of ether oxygens (including phenoxy) is 1. The molecule has 3 heteroatoms. The highest BCUT2D eigenvalue weighted by Crippen LogP contribution is 2.36. The molecule has 0 spiro atoms. The van der Waals surface area contributed by atoms with Crippen molar-refractivity contribution >= 4 is 22.9 Å². The van der Waals surface area contributed by atoms with Crippen molar-refractivity contribution in [1.29, 1.82) is 0 Å². The molecule has 0 N–H and O–H groups in total. The van der Waals surface area contributed by atoms with Gasteiger partial charge in [0.15, 0.2) is 0 Å². The summed E-state index contributed by atoms with van der Waals surface area (Å²) < 4.78 is 5.73. The molecule has 2 unspecified atom stereocenters. The summed E-state index contributed by atoms with van der Waals surface area (Å²) in [7, 11) is 0. The molecule has 0 amide bonds. The monoisotopic (exact) mass is 244 g/mol. The fourth-order valence-corrected chi connectivity index (χ4v) is 3.58. The van der Waals surface area contributed by atoms with Gasteiger partial charge in [-0.3, -0.25) is 0 Å². The Balaban J connectivity index is 2.12. The van der Waals surface area contributed by atoms with Crippen LogP contribution in [0.4, 0.5) is 0 Å². The predicted molar refractivity (Wildman–Crippen MR) is 66.0 cm³/mol. The molecule has 2 rings (SSSR count). The maximum absolute atomic E-state index is 6.49. The van der Waals surface area contributed by atoms with Gasteiger partial charge in [0, 0.05) is 16.4 Å². The van der Waals surface area contributed by atoms with Crippen molar-refractivity contribution in [3.05, 3.63) is 21.4 Å². The van der Waals surface area contributed by atoms with Crippen LogP contribution in [-0.2, 0) is 4.74 Å². The third-order valence-electron chi connectivity index (χ3n) is 2.92. The van der Waals surface area contributed by atoms with Gasteiger partial charge in [0.1, 0.15) is 0 Å². The third-order valence-corrected chi connectivity index (χ3v) is 4.42. The lowest BCUT2D eigenvalue weighted by Gasteiger charge is -2.26. The van der Waals surface area contributed by atoms with E-state index >= 15 is 0 Å². The lowest BCUT2D eigenvalue weighted by atomic mass is 10.0. The highest BCUT2D eigenvalue weighted by Gasteiger charge is 2.25. The van der Waals surface area contributed by atoms with Crippen LogP contribution in [0, 0.1) is 13.8 Å². The van der Waals surface area contributed by atoms with Crippen molar-refractivity contribution in [2.45, 2.75) is 44.6 Å². The molecule has 1 aliphatic heterocycles. The van der Waals surface area contributed by atoms with E-state index in [0.717, 1.165) is 13.0 Å². The Bertz CT molecular complexity index is 328. The quantitative estimate of drug-likeness (QED) is 0.708. The van der Waals surface area contributed by atoms with Crippen LogP contribution in [0.3, 0.4) is 0 Å². The van der Waals surface area contributed by atoms with Crippen LogP contribution in [0.15, 0.2) is 6.07 Å².